The van der Waals surface area contributed by atoms with Crippen molar-refractivity contribution in [1.29, 1.82) is 0 Å². The molecule has 6 nitrogen and oxygen atoms in total. The van der Waals surface area contributed by atoms with E-state index in [-0.39, 0.29) is 18.4 Å². The first-order chi connectivity index (χ1) is 15.3. The van der Waals surface area contributed by atoms with E-state index in [0.717, 1.165) is 13.2 Å². The Balaban J connectivity index is 1.80. The molecule has 1 fully saturated rings. The van der Waals surface area contributed by atoms with Crippen LogP contribution >= 0.6 is 0 Å². The maximum Gasteiger partial charge on any atom is 0.471 e. The monoisotopic (exact) mass is 466 g/mol. The second-order valence-electron chi connectivity index (χ2n) is 8.34. The van der Waals surface area contributed by atoms with Gasteiger partial charge in [0.15, 0.2) is 0 Å². The summed E-state index contributed by atoms with van der Waals surface area (Å²) < 4.78 is 56.6. The quantitative estimate of drug-likeness (QED) is 0.501. The van der Waals surface area contributed by atoms with Crippen LogP contribution in [0.2, 0.25) is 0 Å². The molecule has 176 valence electrons. The van der Waals surface area contributed by atoms with Crippen molar-refractivity contribution in [2.24, 2.45) is 0 Å². The van der Waals surface area contributed by atoms with Crippen molar-refractivity contribution in [3.05, 3.63) is 59.4 Å². The van der Waals surface area contributed by atoms with E-state index in [1.54, 1.807) is 49.5 Å². The van der Waals surface area contributed by atoms with Gasteiger partial charge in [-0.15, -0.1) is 0 Å². The first-order valence-corrected chi connectivity index (χ1v) is 10.0. The van der Waals surface area contributed by atoms with Crippen LogP contribution in [-0.4, -0.2) is 36.6 Å². The van der Waals surface area contributed by atoms with Gasteiger partial charge in [0, 0.05) is 0 Å². The summed E-state index contributed by atoms with van der Waals surface area (Å²) in [6.07, 6.45) is -4.88. The molecule has 0 radical (unpaired) electrons. The predicted molar refractivity (Wildman–Crippen MR) is 111 cm³/mol. The molecule has 10 heteroatoms. The maximum atomic E-state index is 14.2. The molecule has 1 aliphatic carbocycles. The van der Waals surface area contributed by atoms with Gasteiger partial charge in [-0.25, -0.2) is 9.18 Å². The van der Waals surface area contributed by atoms with Crippen molar-refractivity contribution in [2.75, 3.05) is 7.11 Å². The summed E-state index contributed by atoms with van der Waals surface area (Å²) in [5.41, 5.74) is -1.34. The topological polar surface area (TPSA) is 84.5 Å². The Kier molecular flexibility index (Phi) is 6.23. The summed E-state index contributed by atoms with van der Waals surface area (Å²) in [6.45, 7) is 3.31. The maximum absolute atomic E-state index is 14.2. The number of alkyl halides is 3. The summed E-state index contributed by atoms with van der Waals surface area (Å²) in [7, 11) is 1.15. The first-order valence-electron chi connectivity index (χ1n) is 10.0. The highest BCUT2D eigenvalue weighted by Crippen LogP contribution is 2.38. The number of nitrogens with one attached hydrogen (secondary N) is 2. The van der Waals surface area contributed by atoms with Crippen LogP contribution in [0.15, 0.2) is 42.5 Å². The number of hydrogen-bond acceptors (Lipinski definition) is 4. The van der Waals surface area contributed by atoms with E-state index in [1.165, 1.54) is 6.07 Å². The van der Waals surface area contributed by atoms with Gasteiger partial charge in [-0.2, -0.15) is 13.2 Å². The molecule has 2 amide bonds. The normalized spacial score (nSPS) is 14.9. The third kappa shape index (κ3) is 4.99. The number of benzene rings is 2. The minimum absolute atomic E-state index is 0.103. The number of halogens is 4. The van der Waals surface area contributed by atoms with E-state index in [0.29, 0.717) is 16.7 Å². The number of methoxy groups -OCH3 is 1. The molecule has 33 heavy (non-hydrogen) atoms. The third-order valence-corrected chi connectivity index (χ3v) is 5.54. The molecule has 0 atom stereocenters. The van der Waals surface area contributed by atoms with Crippen molar-refractivity contribution in [2.45, 2.75) is 43.9 Å². The molecule has 0 unspecified atom stereocenters. The lowest BCUT2D eigenvalue weighted by Gasteiger charge is -2.30. The lowest BCUT2D eigenvalue weighted by molar-refractivity contribution is -0.175. The number of carbonyl (C=O) groups excluding carboxylic acids is 3. The second-order valence-corrected chi connectivity index (χ2v) is 8.34. The third-order valence-electron chi connectivity index (χ3n) is 5.54. The van der Waals surface area contributed by atoms with Crippen LogP contribution in [0.1, 0.15) is 42.6 Å². The van der Waals surface area contributed by atoms with Gasteiger partial charge in [0.1, 0.15) is 16.9 Å². The molecule has 0 heterocycles. The smallest absolute Gasteiger partial charge is 0.465 e. The van der Waals surface area contributed by atoms with E-state index < -0.39 is 40.9 Å². The molecule has 2 aromatic carbocycles. The van der Waals surface area contributed by atoms with Crippen LogP contribution in [0.4, 0.5) is 17.6 Å². The van der Waals surface area contributed by atoms with Crippen LogP contribution < -0.4 is 10.6 Å². The summed E-state index contributed by atoms with van der Waals surface area (Å²) in [4.78, 5) is 36.0. The van der Waals surface area contributed by atoms with E-state index in [1.807, 2.05) is 0 Å². The molecule has 2 N–H and O–H groups in total. The zero-order valence-corrected chi connectivity index (χ0v) is 18.1. The van der Waals surface area contributed by atoms with Crippen molar-refractivity contribution in [1.82, 2.24) is 10.6 Å². The summed E-state index contributed by atoms with van der Waals surface area (Å²) >= 11 is 0. The SMILES string of the molecule is COC(=O)c1c(F)cccc1-c1ccc(C(C)(C)NC(=O)C2(NC(=O)C(F)(F)F)CC2)cc1. The summed E-state index contributed by atoms with van der Waals surface area (Å²) in [5, 5.41) is 4.47. The van der Waals surface area contributed by atoms with Crippen LogP contribution in [-0.2, 0) is 19.9 Å². The fraction of sp³-hybridized carbons (Fsp3) is 0.348. The molecular weight excluding hydrogens is 444 g/mol. The molecular formula is C23H22F4N2O4. The lowest BCUT2D eigenvalue weighted by Crippen LogP contribution is -2.56. The minimum atomic E-state index is -5.08. The van der Waals surface area contributed by atoms with Crippen LogP contribution in [0.3, 0.4) is 0 Å². The van der Waals surface area contributed by atoms with Crippen LogP contribution in [0.25, 0.3) is 11.1 Å². The zero-order chi connectivity index (χ0) is 24.6. The van der Waals surface area contributed by atoms with Crippen LogP contribution in [0, 0.1) is 5.82 Å². The molecule has 0 bridgehead atoms. The van der Waals surface area contributed by atoms with Crippen molar-refractivity contribution >= 4 is 17.8 Å². The summed E-state index contributed by atoms with van der Waals surface area (Å²) in [6, 6.07) is 10.7. The van der Waals surface area contributed by atoms with Gasteiger partial charge in [0.2, 0.25) is 5.91 Å². The highest BCUT2D eigenvalue weighted by Gasteiger charge is 2.55. The Bertz CT molecular complexity index is 1090. The van der Waals surface area contributed by atoms with E-state index in [9.17, 15) is 31.9 Å². The van der Waals surface area contributed by atoms with E-state index in [4.69, 9.17) is 0 Å². The number of esters is 1. The van der Waals surface area contributed by atoms with Gasteiger partial charge in [0.25, 0.3) is 0 Å². The Labute approximate surface area is 187 Å². The molecule has 0 aliphatic heterocycles. The van der Waals surface area contributed by atoms with E-state index in [2.05, 4.69) is 10.1 Å². The second kappa shape index (κ2) is 8.49. The average molecular weight is 466 g/mol. The van der Waals surface area contributed by atoms with E-state index >= 15 is 0 Å². The molecule has 2 aromatic rings. The lowest BCUT2D eigenvalue weighted by atomic mass is 9.91. The van der Waals surface area contributed by atoms with Crippen molar-refractivity contribution < 1.29 is 36.7 Å². The number of rotatable bonds is 6. The molecule has 3 rings (SSSR count). The van der Waals surface area contributed by atoms with Gasteiger partial charge in [0.05, 0.1) is 12.6 Å². The number of ether oxygens (including phenoxy) is 1. The largest absolute Gasteiger partial charge is 0.471 e. The van der Waals surface area contributed by atoms with Crippen LogP contribution in [0.5, 0.6) is 0 Å². The van der Waals surface area contributed by atoms with Gasteiger partial charge in [-0.3, -0.25) is 9.59 Å². The molecule has 1 aliphatic rings. The zero-order valence-electron chi connectivity index (χ0n) is 18.1. The average Bonchev–Trinajstić information content (AvgIpc) is 3.53. The Hall–Kier alpha value is -3.43. The van der Waals surface area contributed by atoms with Gasteiger partial charge in [-0.05, 0) is 49.4 Å². The van der Waals surface area contributed by atoms with Crippen molar-refractivity contribution in [3.63, 3.8) is 0 Å². The standard InChI is InChI=1S/C23H22F4N2O4/c1-21(2,28-19(31)22(11-12-22)29-20(32)23(25,26)27)14-9-7-13(8-10-14)15-5-4-6-16(24)17(15)18(30)33-3/h4-10H,11-12H2,1-3H3,(H,28,31)(H,29,32). The number of carbonyl (C=O) groups is 3. The van der Waals surface area contributed by atoms with Gasteiger partial charge < -0.3 is 15.4 Å². The molecule has 1 saturated carbocycles. The minimum Gasteiger partial charge on any atom is -0.465 e. The predicted octanol–water partition coefficient (Wildman–Crippen LogP) is 3.84. The highest BCUT2D eigenvalue weighted by atomic mass is 19.4. The Morgan fingerprint density at radius 3 is 2.12 bits per heavy atom. The molecule has 0 aromatic heterocycles. The van der Waals surface area contributed by atoms with Gasteiger partial charge in [-0.1, -0.05) is 36.4 Å². The first kappa shape index (κ1) is 24.2. The Morgan fingerprint density at radius 2 is 1.61 bits per heavy atom. The van der Waals surface area contributed by atoms with Crippen molar-refractivity contribution in [3.8, 4) is 11.1 Å². The fourth-order valence-corrected chi connectivity index (χ4v) is 3.44. The molecule has 0 spiro atoms. The Morgan fingerprint density at radius 1 is 1.00 bits per heavy atom. The number of hydrogen-bond donors (Lipinski definition) is 2. The summed E-state index contributed by atoms with van der Waals surface area (Å²) in [5.74, 6) is -4.43. The molecule has 0 saturated heterocycles. The fourth-order valence-electron chi connectivity index (χ4n) is 3.44. The highest BCUT2D eigenvalue weighted by molar-refractivity contribution is 5.98. The number of amides is 2. The van der Waals surface area contributed by atoms with Gasteiger partial charge >= 0.3 is 18.1 Å².